The van der Waals surface area contributed by atoms with Crippen molar-refractivity contribution >= 4 is 27.9 Å². The molecule has 0 bridgehead atoms. The van der Waals surface area contributed by atoms with Gasteiger partial charge in [-0.3, -0.25) is 4.98 Å². The van der Waals surface area contributed by atoms with Crippen LogP contribution in [0.1, 0.15) is 12.0 Å². The number of aromatic nitrogens is 1. The molecule has 0 N–H and O–H groups in total. The summed E-state index contributed by atoms with van der Waals surface area (Å²) in [5.41, 5.74) is 2.16. The number of carbonyl (C=O) groups excluding carboxylic acids is 1. The third-order valence-electron chi connectivity index (χ3n) is 2.51. The van der Waals surface area contributed by atoms with Crippen LogP contribution >= 0.6 is 16.3 Å². The van der Waals surface area contributed by atoms with Crippen LogP contribution in [0.15, 0.2) is 30.6 Å². The fourth-order valence-electron chi connectivity index (χ4n) is 1.71. The molecule has 1 aromatic heterocycles. The summed E-state index contributed by atoms with van der Waals surface area (Å²) in [5, 5.41) is 0. The topological polar surface area (TPSA) is 42.4 Å². The summed E-state index contributed by atoms with van der Waals surface area (Å²) in [6.07, 6.45) is 6.16. The molecule has 0 fully saturated rings. The summed E-state index contributed by atoms with van der Waals surface area (Å²) in [5.74, 6) is 0. The molecule has 0 spiro atoms. The van der Waals surface area contributed by atoms with Crippen molar-refractivity contribution in [1.29, 1.82) is 0 Å². The Bertz CT molecular complexity index is 406. The van der Waals surface area contributed by atoms with Crippen LogP contribution in [0.3, 0.4) is 0 Å². The number of hydrogen-bond donors (Lipinski definition) is 0. The van der Waals surface area contributed by atoms with Gasteiger partial charge in [-0.1, -0.05) is 12.1 Å². The molecule has 2 rings (SSSR count). The molecule has 1 aliphatic rings. The number of amides is 1. The number of halogens is 1. The van der Waals surface area contributed by atoms with Gasteiger partial charge in [-0.2, -0.15) is 0 Å². The van der Waals surface area contributed by atoms with Gasteiger partial charge in [0.05, 0.1) is 0 Å². The van der Waals surface area contributed by atoms with Crippen molar-refractivity contribution in [3.8, 4) is 0 Å². The van der Waals surface area contributed by atoms with Crippen LogP contribution < -0.4 is 0 Å². The van der Waals surface area contributed by atoms with E-state index in [-0.39, 0.29) is 6.09 Å². The molecule has 16 heavy (non-hydrogen) atoms. The quantitative estimate of drug-likeness (QED) is 0.795. The van der Waals surface area contributed by atoms with Crippen molar-refractivity contribution in [3.05, 3.63) is 36.2 Å². The lowest BCUT2D eigenvalue weighted by Gasteiger charge is -2.25. The number of pyridine rings is 1. The maximum atomic E-state index is 11.4. The number of rotatable bonds is 1. The Morgan fingerprint density at radius 2 is 2.44 bits per heavy atom. The molecule has 0 aromatic carbocycles. The average molecular weight is 283 g/mol. The summed E-state index contributed by atoms with van der Waals surface area (Å²) in [7, 11) is 0. The lowest BCUT2D eigenvalue weighted by atomic mass is 10.0. The molecule has 5 heteroatoms. The van der Waals surface area contributed by atoms with E-state index >= 15 is 0 Å². The number of nitrogens with zero attached hydrogens (tertiary/aromatic N) is 2. The standard InChI is InChI=1S/C11H11BrN2O2/c12-16-11(15)14-6-2-4-10(8-14)9-3-1-5-13-7-9/h1,3-5,7H,2,6,8H2. The second kappa shape index (κ2) is 5.12. The van der Waals surface area contributed by atoms with E-state index in [0.29, 0.717) is 13.1 Å². The summed E-state index contributed by atoms with van der Waals surface area (Å²) >= 11 is 2.70. The Balaban J connectivity index is 2.13. The normalized spacial score (nSPS) is 15.6. The third kappa shape index (κ3) is 2.41. The van der Waals surface area contributed by atoms with E-state index in [1.165, 1.54) is 0 Å². The lowest BCUT2D eigenvalue weighted by molar-refractivity contribution is 0.168. The minimum atomic E-state index is -0.352. The molecule has 0 saturated heterocycles. The van der Waals surface area contributed by atoms with Crippen LogP contribution in [0.4, 0.5) is 4.79 Å². The zero-order valence-corrected chi connectivity index (χ0v) is 10.2. The second-order valence-corrected chi connectivity index (χ2v) is 3.85. The average Bonchev–Trinajstić information content (AvgIpc) is 2.39. The SMILES string of the molecule is O=C(OBr)N1CCC=C(c2cccnc2)C1. The maximum absolute atomic E-state index is 11.4. The van der Waals surface area contributed by atoms with Gasteiger partial charge in [0.2, 0.25) is 0 Å². The van der Waals surface area contributed by atoms with Gasteiger partial charge in [0, 0.05) is 25.5 Å². The molecular formula is C11H11BrN2O2. The smallest absolute Gasteiger partial charge is 0.367 e. The molecule has 0 radical (unpaired) electrons. The zero-order valence-electron chi connectivity index (χ0n) is 8.60. The monoisotopic (exact) mass is 282 g/mol. The first kappa shape index (κ1) is 11.1. The predicted octanol–water partition coefficient (Wildman–Crippen LogP) is 2.62. The minimum absolute atomic E-state index is 0.352. The Morgan fingerprint density at radius 3 is 3.12 bits per heavy atom. The molecule has 1 amide bonds. The first-order valence-electron chi connectivity index (χ1n) is 4.98. The van der Waals surface area contributed by atoms with Gasteiger partial charge in [-0.25, -0.2) is 4.79 Å². The molecule has 4 nitrogen and oxygen atoms in total. The summed E-state index contributed by atoms with van der Waals surface area (Å²) in [4.78, 5) is 17.1. The van der Waals surface area contributed by atoms with E-state index in [1.54, 1.807) is 17.3 Å². The van der Waals surface area contributed by atoms with Crippen LogP contribution in [-0.2, 0) is 3.83 Å². The highest BCUT2D eigenvalue weighted by Gasteiger charge is 2.19. The molecule has 2 heterocycles. The van der Waals surface area contributed by atoms with Gasteiger partial charge < -0.3 is 8.73 Å². The number of hydrogen-bond acceptors (Lipinski definition) is 3. The van der Waals surface area contributed by atoms with Gasteiger partial charge >= 0.3 is 6.09 Å². The molecule has 0 aliphatic carbocycles. The molecule has 0 unspecified atom stereocenters. The maximum Gasteiger partial charge on any atom is 0.421 e. The van der Waals surface area contributed by atoms with Crippen molar-refractivity contribution in [1.82, 2.24) is 9.88 Å². The van der Waals surface area contributed by atoms with Crippen molar-refractivity contribution in [2.45, 2.75) is 6.42 Å². The fourth-order valence-corrected chi connectivity index (χ4v) is 1.92. The van der Waals surface area contributed by atoms with Crippen LogP contribution in [0.5, 0.6) is 0 Å². The molecular weight excluding hydrogens is 272 g/mol. The Hall–Kier alpha value is -1.36. The lowest BCUT2D eigenvalue weighted by Crippen LogP contribution is -2.34. The summed E-state index contributed by atoms with van der Waals surface area (Å²) in [6, 6.07) is 3.87. The van der Waals surface area contributed by atoms with Crippen molar-refractivity contribution < 1.29 is 8.62 Å². The third-order valence-corrected chi connectivity index (χ3v) is 2.78. The first-order valence-corrected chi connectivity index (χ1v) is 5.63. The van der Waals surface area contributed by atoms with E-state index in [0.717, 1.165) is 17.6 Å². The van der Waals surface area contributed by atoms with Gasteiger partial charge in [0.1, 0.15) is 0 Å². The van der Waals surface area contributed by atoms with E-state index < -0.39 is 0 Å². The van der Waals surface area contributed by atoms with Crippen molar-refractivity contribution in [3.63, 3.8) is 0 Å². The molecule has 0 atom stereocenters. The Labute approximate surface area is 102 Å². The molecule has 1 aliphatic heterocycles. The van der Waals surface area contributed by atoms with Crippen molar-refractivity contribution in [2.24, 2.45) is 0 Å². The van der Waals surface area contributed by atoms with Crippen LogP contribution in [0, 0.1) is 0 Å². The highest BCUT2D eigenvalue weighted by molar-refractivity contribution is 9.06. The fraction of sp³-hybridized carbons (Fsp3) is 0.273. The first-order chi connectivity index (χ1) is 7.81. The second-order valence-electron chi connectivity index (χ2n) is 3.52. The predicted molar refractivity (Wildman–Crippen MR) is 63.8 cm³/mol. The summed E-state index contributed by atoms with van der Waals surface area (Å²) < 4.78 is 4.53. The van der Waals surface area contributed by atoms with Crippen molar-refractivity contribution in [2.75, 3.05) is 13.1 Å². The molecule has 0 saturated carbocycles. The zero-order chi connectivity index (χ0) is 11.4. The Kier molecular flexibility index (Phi) is 3.56. The highest BCUT2D eigenvalue weighted by Crippen LogP contribution is 2.20. The minimum Gasteiger partial charge on any atom is -0.367 e. The van der Waals surface area contributed by atoms with Gasteiger partial charge in [-0.15, -0.1) is 0 Å². The van der Waals surface area contributed by atoms with E-state index in [1.807, 2.05) is 12.1 Å². The van der Waals surface area contributed by atoms with Crippen LogP contribution in [-0.4, -0.2) is 29.1 Å². The van der Waals surface area contributed by atoms with Gasteiger partial charge in [0.25, 0.3) is 0 Å². The largest absolute Gasteiger partial charge is 0.421 e. The van der Waals surface area contributed by atoms with Gasteiger partial charge in [-0.05, 0) is 23.6 Å². The number of carbonyl (C=O) groups is 1. The molecule has 1 aromatic rings. The van der Waals surface area contributed by atoms with E-state index in [9.17, 15) is 4.79 Å². The van der Waals surface area contributed by atoms with E-state index in [2.05, 4.69) is 31.1 Å². The Morgan fingerprint density at radius 1 is 1.56 bits per heavy atom. The van der Waals surface area contributed by atoms with Crippen LogP contribution in [0.2, 0.25) is 0 Å². The highest BCUT2D eigenvalue weighted by atomic mass is 79.9. The molecule has 84 valence electrons. The van der Waals surface area contributed by atoms with E-state index in [4.69, 9.17) is 0 Å². The summed E-state index contributed by atoms with van der Waals surface area (Å²) in [6.45, 7) is 1.25. The van der Waals surface area contributed by atoms with Crippen LogP contribution in [0.25, 0.3) is 5.57 Å². The van der Waals surface area contributed by atoms with Gasteiger partial charge in [0.15, 0.2) is 16.3 Å².